The van der Waals surface area contributed by atoms with Gasteiger partial charge in [0.25, 0.3) is 0 Å². The van der Waals surface area contributed by atoms with Gasteiger partial charge in [0.2, 0.25) is 0 Å². The van der Waals surface area contributed by atoms with Crippen LogP contribution in [0.15, 0.2) is 42.5 Å². The van der Waals surface area contributed by atoms with Gasteiger partial charge in [-0.25, -0.2) is 0 Å². The lowest BCUT2D eigenvalue weighted by Crippen LogP contribution is -2.39. The van der Waals surface area contributed by atoms with Crippen LogP contribution in [0.3, 0.4) is 0 Å². The molecule has 0 bridgehead atoms. The van der Waals surface area contributed by atoms with Crippen molar-refractivity contribution in [2.45, 2.75) is 44.9 Å². The SMILES string of the molecule is CNC(CC(CC(C)N)C(=O)OCc1cccc2c1Cc1ccccc1-2)C(=O)O.Cl. The van der Waals surface area contributed by atoms with E-state index in [2.05, 4.69) is 23.5 Å². The van der Waals surface area contributed by atoms with Crippen LogP contribution in [0.2, 0.25) is 0 Å². The Labute approximate surface area is 183 Å². The van der Waals surface area contributed by atoms with E-state index in [1.165, 1.54) is 22.3 Å². The normalized spacial score (nSPS) is 14.6. The summed E-state index contributed by atoms with van der Waals surface area (Å²) < 4.78 is 5.63. The molecule has 0 radical (unpaired) electrons. The van der Waals surface area contributed by atoms with Crippen molar-refractivity contribution >= 4 is 24.3 Å². The summed E-state index contributed by atoms with van der Waals surface area (Å²) in [6.45, 7) is 1.97. The van der Waals surface area contributed by atoms with Crippen LogP contribution in [0.4, 0.5) is 0 Å². The van der Waals surface area contributed by atoms with Crippen LogP contribution in [-0.4, -0.2) is 36.2 Å². The topological polar surface area (TPSA) is 102 Å². The first-order valence-corrected chi connectivity index (χ1v) is 9.92. The number of carboxylic acid groups (broad SMARTS) is 1. The summed E-state index contributed by atoms with van der Waals surface area (Å²) in [4.78, 5) is 24.1. The van der Waals surface area contributed by atoms with Crippen molar-refractivity contribution in [1.29, 1.82) is 0 Å². The molecule has 2 aromatic carbocycles. The highest BCUT2D eigenvalue weighted by atomic mass is 35.5. The van der Waals surface area contributed by atoms with Gasteiger partial charge in [0.15, 0.2) is 0 Å². The van der Waals surface area contributed by atoms with E-state index in [-0.39, 0.29) is 31.5 Å². The van der Waals surface area contributed by atoms with E-state index in [4.69, 9.17) is 10.5 Å². The summed E-state index contributed by atoms with van der Waals surface area (Å²) in [7, 11) is 1.57. The van der Waals surface area contributed by atoms with Gasteiger partial charge in [0.1, 0.15) is 12.6 Å². The summed E-state index contributed by atoms with van der Waals surface area (Å²) in [5.41, 5.74) is 11.7. The number of likely N-dealkylation sites (N-methyl/N-ethyl adjacent to an activating group) is 1. The van der Waals surface area contributed by atoms with Gasteiger partial charge in [-0.05, 0) is 61.1 Å². The molecule has 1 aliphatic carbocycles. The van der Waals surface area contributed by atoms with Crippen LogP contribution in [0.25, 0.3) is 11.1 Å². The molecule has 3 rings (SSSR count). The van der Waals surface area contributed by atoms with E-state index in [1.54, 1.807) is 14.0 Å². The second-order valence-corrected chi connectivity index (χ2v) is 7.71. The van der Waals surface area contributed by atoms with Crippen molar-refractivity contribution in [2.24, 2.45) is 11.7 Å². The Morgan fingerprint density at radius 3 is 2.50 bits per heavy atom. The molecule has 0 fully saturated rings. The molecule has 0 spiro atoms. The molecule has 0 saturated heterocycles. The summed E-state index contributed by atoms with van der Waals surface area (Å²) in [6.07, 6.45) is 1.34. The number of ether oxygens (including phenoxy) is 1. The van der Waals surface area contributed by atoms with E-state index >= 15 is 0 Å². The molecule has 1 aliphatic rings. The maximum Gasteiger partial charge on any atom is 0.320 e. The molecule has 0 aromatic heterocycles. The zero-order valence-electron chi connectivity index (χ0n) is 17.3. The summed E-state index contributed by atoms with van der Waals surface area (Å²) in [5, 5.41) is 12.0. The molecule has 30 heavy (non-hydrogen) atoms. The largest absolute Gasteiger partial charge is 0.480 e. The first-order chi connectivity index (χ1) is 13.9. The van der Waals surface area contributed by atoms with Crippen molar-refractivity contribution in [2.75, 3.05) is 7.05 Å². The highest BCUT2D eigenvalue weighted by Gasteiger charge is 2.29. The summed E-state index contributed by atoms with van der Waals surface area (Å²) in [6, 6.07) is 13.3. The van der Waals surface area contributed by atoms with E-state index in [1.807, 2.05) is 24.3 Å². The van der Waals surface area contributed by atoms with Crippen molar-refractivity contribution in [3.05, 3.63) is 59.2 Å². The smallest absolute Gasteiger partial charge is 0.320 e. The van der Waals surface area contributed by atoms with Gasteiger partial charge >= 0.3 is 11.9 Å². The quantitative estimate of drug-likeness (QED) is 0.449. The zero-order valence-corrected chi connectivity index (χ0v) is 18.1. The molecule has 7 heteroatoms. The number of nitrogens with one attached hydrogen (secondary N) is 1. The molecule has 3 unspecified atom stereocenters. The molecular weight excluding hydrogens is 404 g/mol. The van der Waals surface area contributed by atoms with E-state index in [0.717, 1.165) is 12.0 Å². The number of fused-ring (bicyclic) bond motifs is 3. The number of aliphatic carboxylic acids is 1. The first-order valence-electron chi connectivity index (χ1n) is 9.92. The van der Waals surface area contributed by atoms with Gasteiger partial charge < -0.3 is 20.9 Å². The number of carbonyl (C=O) groups is 2. The van der Waals surface area contributed by atoms with Crippen LogP contribution in [0.5, 0.6) is 0 Å². The predicted molar refractivity (Wildman–Crippen MR) is 119 cm³/mol. The fourth-order valence-corrected chi connectivity index (χ4v) is 3.99. The Balaban J connectivity index is 0.00000320. The monoisotopic (exact) mass is 432 g/mol. The van der Waals surface area contributed by atoms with Gasteiger partial charge in [-0.1, -0.05) is 42.5 Å². The van der Waals surface area contributed by atoms with Gasteiger partial charge in [-0.15, -0.1) is 12.4 Å². The highest BCUT2D eigenvalue weighted by Crippen LogP contribution is 2.38. The summed E-state index contributed by atoms with van der Waals surface area (Å²) in [5.74, 6) is -1.97. The lowest BCUT2D eigenvalue weighted by Gasteiger charge is -2.21. The fourth-order valence-electron chi connectivity index (χ4n) is 3.99. The van der Waals surface area contributed by atoms with Crippen LogP contribution >= 0.6 is 12.4 Å². The Kier molecular flexibility index (Phi) is 8.41. The second-order valence-electron chi connectivity index (χ2n) is 7.71. The molecule has 3 atom stereocenters. The minimum absolute atomic E-state index is 0. The van der Waals surface area contributed by atoms with E-state index in [9.17, 15) is 14.7 Å². The molecule has 0 saturated carbocycles. The Morgan fingerprint density at radius 1 is 1.13 bits per heavy atom. The molecule has 0 aliphatic heterocycles. The molecule has 162 valence electrons. The number of rotatable bonds is 9. The third kappa shape index (κ3) is 5.39. The molecule has 0 amide bonds. The molecule has 2 aromatic rings. The molecule has 0 heterocycles. The Morgan fingerprint density at radius 2 is 1.83 bits per heavy atom. The van der Waals surface area contributed by atoms with Gasteiger partial charge in [0.05, 0.1) is 5.92 Å². The van der Waals surface area contributed by atoms with E-state index in [0.29, 0.717) is 6.42 Å². The number of carbonyl (C=O) groups excluding carboxylic acids is 1. The Hall–Kier alpha value is -2.41. The van der Waals surface area contributed by atoms with Crippen LogP contribution in [0, 0.1) is 5.92 Å². The number of carboxylic acids is 1. The van der Waals surface area contributed by atoms with Crippen LogP contribution in [-0.2, 0) is 27.4 Å². The lowest BCUT2D eigenvalue weighted by molar-refractivity contribution is -0.151. The maximum absolute atomic E-state index is 12.7. The lowest BCUT2D eigenvalue weighted by atomic mass is 9.93. The summed E-state index contributed by atoms with van der Waals surface area (Å²) >= 11 is 0. The van der Waals surface area contributed by atoms with Crippen molar-refractivity contribution < 1.29 is 19.4 Å². The predicted octanol–water partition coefficient (Wildman–Crippen LogP) is 3.14. The van der Waals surface area contributed by atoms with E-state index < -0.39 is 23.9 Å². The highest BCUT2D eigenvalue weighted by molar-refractivity contribution is 5.85. The number of halogens is 1. The second kappa shape index (κ2) is 10.6. The van der Waals surface area contributed by atoms with Crippen LogP contribution < -0.4 is 11.1 Å². The molecule has 6 nitrogen and oxygen atoms in total. The zero-order chi connectivity index (χ0) is 21.0. The fraction of sp³-hybridized carbons (Fsp3) is 0.391. The van der Waals surface area contributed by atoms with Gasteiger partial charge in [-0.3, -0.25) is 9.59 Å². The third-order valence-electron chi connectivity index (χ3n) is 5.47. The number of hydrogen-bond acceptors (Lipinski definition) is 5. The van der Waals surface area contributed by atoms with Gasteiger partial charge in [-0.2, -0.15) is 0 Å². The van der Waals surface area contributed by atoms with Crippen LogP contribution in [0.1, 0.15) is 36.5 Å². The Bertz CT molecular complexity index is 901. The van der Waals surface area contributed by atoms with Crippen molar-refractivity contribution in [3.63, 3.8) is 0 Å². The number of hydrogen-bond donors (Lipinski definition) is 3. The minimum Gasteiger partial charge on any atom is -0.480 e. The number of esters is 1. The standard InChI is InChI=1S/C23H28N2O4.ClH/c1-14(24)10-17(12-21(25-2)22(26)27)23(28)29-13-16-7-5-9-19-18-8-4-3-6-15(18)11-20(16)19;/h3-9,14,17,21,25H,10-13,24H2,1-2H3,(H,26,27);1H. The average molecular weight is 433 g/mol. The first kappa shape index (κ1) is 23.9. The number of nitrogens with two attached hydrogens (primary N) is 1. The average Bonchev–Trinajstić information content (AvgIpc) is 3.08. The third-order valence-corrected chi connectivity index (χ3v) is 5.47. The van der Waals surface area contributed by atoms with Crippen molar-refractivity contribution in [3.8, 4) is 11.1 Å². The minimum atomic E-state index is -0.992. The molecular formula is C23H29ClN2O4. The van der Waals surface area contributed by atoms with Crippen molar-refractivity contribution in [1.82, 2.24) is 5.32 Å². The number of benzene rings is 2. The maximum atomic E-state index is 12.7. The van der Waals surface area contributed by atoms with Gasteiger partial charge in [0, 0.05) is 6.04 Å². The molecule has 4 N–H and O–H groups in total.